The van der Waals surface area contributed by atoms with Crippen LogP contribution in [-0.4, -0.2) is 29.3 Å². The second kappa shape index (κ2) is 7.68. The minimum Gasteiger partial charge on any atom is -0.490 e. The van der Waals surface area contributed by atoms with Gasteiger partial charge in [0.1, 0.15) is 24.7 Å². The van der Waals surface area contributed by atoms with Gasteiger partial charge in [0.25, 0.3) is 11.4 Å². The van der Waals surface area contributed by atoms with Gasteiger partial charge in [0, 0.05) is 18.2 Å². The van der Waals surface area contributed by atoms with E-state index in [4.69, 9.17) is 9.47 Å². The number of aldehydes is 1. The van der Waals surface area contributed by atoms with Crippen LogP contribution in [0.4, 0.5) is 11.4 Å². The van der Waals surface area contributed by atoms with Gasteiger partial charge in [-0.2, -0.15) is 0 Å². The highest BCUT2D eigenvalue weighted by Crippen LogP contribution is 2.23. The second-order valence-electron chi connectivity index (χ2n) is 4.55. The van der Waals surface area contributed by atoms with Crippen molar-refractivity contribution in [3.8, 4) is 11.5 Å². The first-order valence-corrected chi connectivity index (χ1v) is 6.75. The summed E-state index contributed by atoms with van der Waals surface area (Å²) < 4.78 is 10.7. The van der Waals surface area contributed by atoms with Crippen molar-refractivity contribution in [2.45, 2.75) is 0 Å². The molecule has 9 nitrogen and oxygen atoms in total. The molecule has 0 amide bonds. The van der Waals surface area contributed by atoms with Crippen molar-refractivity contribution in [1.29, 1.82) is 0 Å². The zero-order valence-corrected chi connectivity index (χ0v) is 12.3. The summed E-state index contributed by atoms with van der Waals surface area (Å²) in [5.74, 6) is 0.505. The van der Waals surface area contributed by atoms with Gasteiger partial charge >= 0.3 is 0 Å². The molecule has 0 bridgehead atoms. The van der Waals surface area contributed by atoms with Crippen LogP contribution in [0, 0.1) is 20.2 Å². The fraction of sp³-hybridized carbons (Fsp3) is 0.133. The molecule has 0 fully saturated rings. The molecule has 24 heavy (non-hydrogen) atoms. The Morgan fingerprint density at radius 2 is 1.58 bits per heavy atom. The third-order valence-electron chi connectivity index (χ3n) is 2.97. The third kappa shape index (κ3) is 4.26. The van der Waals surface area contributed by atoms with Crippen LogP contribution in [0.25, 0.3) is 0 Å². The molecule has 2 aromatic rings. The molecule has 2 aromatic carbocycles. The Morgan fingerprint density at radius 3 is 2.25 bits per heavy atom. The van der Waals surface area contributed by atoms with Crippen molar-refractivity contribution in [2.75, 3.05) is 13.2 Å². The summed E-state index contributed by atoms with van der Waals surface area (Å²) in [7, 11) is 0. The van der Waals surface area contributed by atoms with E-state index >= 15 is 0 Å². The Kier molecular flexibility index (Phi) is 5.40. The minimum atomic E-state index is -0.609. The van der Waals surface area contributed by atoms with E-state index in [1.54, 1.807) is 6.07 Å². The average molecular weight is 332 g/mol. The van der Waals surface area contributed by atoms with Crippen molar-refractivity contribution in [1.82, 2.24) is 0 Å². The SMILES string of the molecule is O=Cc1cc([N+](=O)[O-])ccc1OCCOc1cccc([N+](=O)[O-])c1. The molecule has 0 N–H and O–H groups in total. The van der Waals surface area contributed by atoms with Crippen LogP contribution in [-0.2, 0) is 0 Å². The molecule has 0 spiro atoms. The monoisotopic (exact) mass is 332 g/mol. The summed E-state index contributed by atoms with van der Waals surface area (Å²) in [5, 5.41) is 21.3. The Balaban J connectivity index is 1.92. The maximum atomic E-state index is 11.0. The first-order chi connectivity index (χ1) is 11.5. The van der Waals surface area contributed by atoms with Gasteiger partial charge in [-0.1, -0.05) is 6.07 Å². The largest absolute Gasteiger partial charge is 0.490 e. The number of nitrogens with zero attached hydrogens (tertiary/aromatic N) is 2. The van der Waals surface area contributed by atoms with E-state index in [0.717, 1.165) is 6.07 Å². The van der Waals surface area contributed by atoms with Crippen LogP contribution in [0.1, 0.15) is 10.4 Å². The van der Waals surface area contributed by atoms with E-state index in [1.807, 2.05) is 0 Å². The predicted octanol–water partition coefficient (Wildman–Crippen LogP) is 2.77. The van der Waals surface area contributed by atoms with E-state index in [0.29, 0.717) is 12.0 Å². The van der Waals surface area contributed by atoms with Gasteiger partial charge in [0.15, 0.2) is 6.29 Å². The van der Waals surface area contributed by atoms with E-state index < -0.39 is 9.85 Å². The summed E-state index contributed by atoms with van der Waals surface area (Å²) in [4.78, 5) is 31.1. The zero-order valence-electron chi connectivity index (χ0n) is 12.3. The Morgan fingerprint density at radius 1 is 0.917 bits per heavy atom. The highest BCUT2D eigenvalue weighted by molar-refractivity contribution is 5.80. The highest BCUT2D eigenvalue weighted by Gasteiger charge is 2.11. The highest BCUT2D eigenvalue weighted by atomic mass is 16.6. The molecule has 0 aliphatic carbocycles. The fourth-order valence-corrected chi connectivity index (χ4v) is 1.87. The van der Waals surface area contributed by atoms with Crippen LogP contribution in [0.2, 0.25) is 0 Å². The van der Waals surface area contributed by atoms with Crippen molar-refractivity contribution < 1.29 is 24.1 Å². The van der Waals surface area contributed by atoms with Crippen molar-refractivity contribution in [3.63, 3.8) is 0 Å². The third-order valence-corrected chi connectivity index (χ3v) is 2.97. The van der Waals surface area contributed by atoms with Crippen LogP contribution < -0.4 is 9.47 Å². The lowest BCUT2D eigenvalue weighted by atomic mass is 10.2. The van der Waals surface area contributed by atoms with Gasteiger partial charge in [-0.05, 0) is 12.1 Å². The molecule has 0 radical (unpaired) electrons. The van der Waals surface area contributed by atoms with Crippen LogP contribution >= 0.6 is 0 Å². The van der Waals surface area contributed by atoms with Crippen LogP contribution in [0.3, 0.4) is 0 Å². The second-order valence-corrected chi connectivity index (χ2v) is 4.55. The summed E-state index contributed by atoms with van der Waals surface area (Å²) in [6, 6.07) is 9.35. The number of carbonyl (C=O) groups is 1. The number of non-ortho nitro benzene ring substituents is 2. The van der Waals surface area contributed by atoms with Crippen LogP contribution in [0.5, 0.6) is 11.5 Å². The molecular formula is C15H12N2O7. The van der Waals surface area contributed by atoms with Crippen LogP contribution in [0.15, 0.2) is 42.5 Å². The Hall–Kier alpha value is -3.49. The fourth-order valence-electron chi connectivity index (χ4n) is 1.87. The van der Waals surface area contributed by atoms with Gasteiger partial charge in [-0.25, -0.2) is 0 Å². The summed E-state index contributed by atoms with van der Waals surface area (Å²) >= 11 is 0. The minimum absolute atomic E-state index is 0.0551. The molecule has 0 unspecified atom stereocenters. The quantitative estimate of drug-likeness (QED) is 0.315. The normalized spacial score (nSPS) is 10.0. The zero-order chi connectivity index (χ0) is 17.5. The van der Waals surface area contributed by atoms with Crippen molar-refractivity contribution >= 4 is 17.7 Å². The standard InChI is InChI=1S/C15H12N2O7/c18-10-11-8-13(17(21)22)4-5-15(11)24-7-6-23-14-3-1-2-12(9-14)16(19)20/h1-5,8-10H,6-7H2. The molecule has 0 saturated carbocycles. The van der Waals surface area contributed by atoms with Gasteiger partial charge < -0.3 is 9.47 Å². The summed E-state index contributed by atoms with van der Waals surface area (Å²) in [6.45, 7) is 0.137. The number of hydrogen-bond acceptors (Lipinski definition) is 7. The number of hydrogen-bond donors (Lipinski definition) is 0. The number of ether oxygens (including phenoxy) is 2. The molecule has 2 rings (SSSR count). The average Bonchev–Trinajstić information content (AvgIpc) is 2.58. The predicted molar refractivity (Wildman–Crippen MR) is 82.6 cm³/mol. The maximum absolute atomic E-state index is 11.0. The van der Waals surface area contributed by atoms with E-state index in [9.17, 15) is 25.0 Å². The van der Waals surface area contributed by atoms with E-state index in [1.165, 1.54) is 30.3 Å². The summed E-state index contributed by atoms with van der Waals surface area (Å²) in [6.07, 6.45) is 0.462. The molecular weight excluding hydrogens is 320 g/mol. The van der Waals surface area contributed by atoms with Gasteiger partial charge in [-0.15, -0.1) is 0 Å². The summed E-state index contributed by atoms with van der Waals surface area (Å²) in [5.41, 5.74) is -0.246. The first-order valence-electron chi connectivity index (χ1n) is 6.75. The lowest BCUT2D eigenvalue weighted by Gasteiger charge is -2.09. The molecule has 0 saturated heterocycles. The maximum Gasteiger partial charge on any atom is 0.273 e. The topological polar surface area (TPSA) is 122 Å². The lowest BCUT2D eigenvalue weighted by molar-refractivity contribution is -0.385. The van der Waals surface area contributed by atoms with E-state index in [2.05, 4.69) is 0 Å². The molecule has 0 aromatic heterocycles. The molecule has 0 aliphatic heterocycles. The number of rotatable bonds is 8. The van der Waals surface area contributed by atoms with Gasteiger partial charge in [0.05, 0.1) is 21.5 Å². The van der Waals surface area contributed by atoms with Gasteiger partial charge in [-0.3, -0.25) is 25.0 Å². The molecule has 124 valence electrons. The van der Waals surface area contributed by atoms with Crippen molar-refractivity contribution in [3.05, 3.63) is 68.3 Å². The number of carbonyl (C=O) groups excluding carboxylic acids is 1. The van der Waals surface area contributed by atoms with E-state index in [-0.39, 0.29) is 35.9 Å². The molecule has 0 heterocycles. The molecule has 9 heteroatoms. The molecule has 0 atom stereocenters. The number of benzene rings is 2. The number of nitro benzene ring substituents is 2. The molecule has 0 aliphatic rings. The van der Waals surface area contributed by atoms with Gasteiger partial charge in [0.2, 0.25) is 0 Å². The Bertz CT molecular complexity index is 776. The van der Waals surface area contributed by atoms with Crippen molar-refractivity contribution in [2.24, 2.45) is 0 Å². The Labute approximate surface area is 135 Å². The smallest absolute Gasteiger partial charge is 0.273 e. The first kappa shape index (κ1) is 16.9. The lowest BCUT2D eigenvalue weighted by Crippen LogP contribution is -2.10. The number of nitro groups is 2.